The summed E-state index contributed by atoms with van der Waals surface area (Å²) in [5.74, 6) is 0.638. The normalized spacial score (nSPS) is 33.0. The van der Waals surface area contributed by atoms with Crippen LogP contribution in [0.5, 0.6) is 0 Å². The monoisotopic (exact) mass is 316 g/mol. The minimum atomic E-state index is -1.38. The second-order valence-electron chi connectivity index (χ2n) is 4.85. The summed E-state index contributed by atoms with van der Waals surface area (Å²) in [6.07, 6.45) is -5.27. The summed E-state index contributed by atoms with van der Waals surface area (Å²) in [5.41, 5.74) is 1.16. The zero-order valence-electron chi connectivity index (χ0n) is 11.4. The molecule has 0 spiro atoms. The highest BCUT2D eigenvalue weighted by atomic mass is 32.2. The molecule has 2 rings (SSSR count). The minimum Gasteiger partial charge on any atom is -0.394 e. The molecule has 0 unspecified atom stereocenters. The smallest absolute Gasteiger partial charge is 0.185 e. The number of aliphatic hydroxyl groups is 4. The van der Waals surface area contributed by atoms with E-state index < -0.39 is 37.3 Å². The fourth-order valence-corrected chi connectivity index (χ4v) is 2.89. The maximum absolute atomic E-state index is 9.89. The Morgan fingerprint density at radius 2 is 1.81 bits per heavy atom. The van der Waals surface area contributed by atoms with Crippen LogP contribution in [0.4, 0.5) is 0 Å². The van der Waals surface area contributed by atoms with Crippen LogP contribution in [0.1, 0.15) is 5.56 Å². The average molecular weight is 316 g/mol. The van der Waals surface area contributed by atoms with Gasteiger partial charge in [-0.1, -0.05) is 30.3 Å². The molecule has 1 aliphatic heterocycles. The Morgan fingerprint density at radius 3 is 2.48 bits per heavy atom. The van der Waals surface area contributed by atoms with E-state index in [1.807, 2.05) is 30.3 Å². The van der Waals surface area contributed by atoms with E-state index in [-0.39, 0.29) is 0 Å². The Morgan fingerprint density at radius 1 is 1.10 bits per heavy atom. The van der Waals surface area contributed by atoms with E-state index in [1.165, 1.54) is 0 Å². The molecule has 0 saturated carbocycles. The zero-order chi connectivity index (χ0) is 15.2. The van der Waals surface area contributed by atoms with Crippen LogP contribution in [0.15, 0.2) is 30.3 Å². The predicted octanol–water partition coefficient (Wildman–Crippen LogP) is -0.306. The predicted molar refractivity (Wildman–Crippen MR) is 77.5 cm³/mol. The zero-order valence-corrected chi connectivity index (χ0v) is 12.2. The lowest BCUT2D eigenvalue weighted by molar-refractivity contribution is -0.278. The van der Waals surface area contributed by atoms with Crippen molar-refractivity contribution in [1.82, 2.24) is 0 Å². The first-order valence-corrected chi connectivity index (χ1v) is 7.67. The average Bonchev–Trinajstić information content (AvgIpc) is 2.51. The summed E-state index contributed by atoms with van der Waals surface area (Å²) in [6.45, 7) is -0.483. The van der Waals surface area contributed by atoms with Crippen molar-refractivity contribution in [3.8, 4) is 0 Å². The van der Waals surface area contributed by atoms with Gasteiger partial charge in [0.1, 0.15) is 18.3 Å². The van der Waals surface area contributed by atoms with Gasteiger partial charge in [0.15, 0.2) is 12.4 Å². The molecular formula is C14H20O6S. The molecule has 1 fully saturated rings. The molecule has 1 aromatic rings. The molecule has 0 bridgehead atoms. The molecule has 1 heterocycles. The van der Waals surface area contributed by atoms with Gasteiger partial charge in [-0.3, -0.25) is 0 Å². The Kier molecular flexibility index (Phi) is 6.43. The number of aliphatic hydroxyl groups excluding tert-OH is 4. The second-order valence-corrected chi connectivity index (χ2v) is 5.68. The Balaban J connectivity index is 1.77. The van der Waals surface area contributed by atoms with Crippen LogP contribution in [0.2, 0.25) is 0 Å². The summed E-state index contributed by atoms with van der Waals surface area (Å²) in [6, 6.07) is 9.86. The van der Waals surface area contributed by atoms with E-state index in [9.17, 15) is 15.3 Å². The van der Waals surface area contributed by atoms with Gasteiger partial charge in [-0.15, -0.1) is 0 Å². The van der Waals surface area contributed by atoms with Crippen molar-refractivity contribution in [3.05, 3.63) is 35.9 Å². The lowest BCUT2D eigenvalue weighted by Crippen LogP contribution is -2.58. The van der Waals surface area contributed by atoms with Crippen LogP contribution in [-0.2, 0) is 15.3 Å². The van der Waals surface area contributed by atoms with E-state index >= 15 is 0 Å². The van der Waals surface area contributed by atoms with Gasteiger partial charge in [0.05, 0.1) is 6.61 Å². The third-order valence-corrected chi connectivity index (χ3v) is 4.07. The van der Waals surface area contributed by atoms with Crippen molar-refractivity contribution in [1.29, 1.82) is 0 Å². The van der Waals surface area contributed by atoms with Crippen molar-refractivity contribution < 1.29 is 29.3 Å². The molecule has 7 heteroatoms. The van der Waals surface area contributed by atoms with Gasteiger partial charge >= 0.3 is 0 Å². The van der Waals surface area contributed by atoms with Crippen LogP contribution in [0, 0.1) is 0 Å². The third kappa shape index (κ3) is 4.40. The van der Waals surface area contributed by atoms with Crippen LogP contribution >= 0.6 is 12.0 Å². The molecule has 21 heavy (non-hydrogen) atoms. The summed E-state index contributed by atoms with van der Waals surface area (Å²) >= 11 is 1.10. The molecule has 6 nitrogen and oxygen atoms in total. The number of hydrogen-bond donors (Lipinski definition) is 4. The van der Waals surface area contributed by atoms with Crippen molar-refractivity contribution in [2.45, 2.75) is 37.1 Å². The maximum atomic E-state index is 9.89. The van der Waals surface area contributed by atoms with Gasteiger partial charge in [-0.05, 0) is 24.0 Å². The maximum Gasteiger partial charge on any atom is 0.185 e. The lowest BCUT2D eigenvalue weighted by atomic mass is 9.99. The van der Waals surface area contributed by atoms with Crippen LogP contribution in [0.3, 0.4) is 0 Å². The number of aryl methyl sites for hydroxylation is 1. The van der Waals surface area contributed by atoms with Gasteiger partial charge < -0.3 is 29.3 Å². The highest BCUT2D eigenvalue weighted by Crippen LogP contribution is 2.25. The molecular weight excluding hydrogens is 296 g/mol. The standard InChI is InChI=1S/C14H20O6S/c15-8-10-11(16)12(17)13(14(18)19-10)20-21-7-6-9-4-2-1-3-5-9/h1-5,10-18H,6-8H2/t10-,11+,12+,13-,14-/m1/s1. The second kappa shape index (κ2) is 8.09. The molecule has 0 amide bonds. The van der Waals surface area contributed by atoms with Gasteiger partial charge in [-0.25, -0.2) is 0 Å². The number of hydrogen-bond acceptors (Lipinski definition) is 7. The van der Waals surface area contributed by atoms with Crippen LogP contribution < -0.4 is 0 Å². The molecule has 4 N–H and O–H groups in total. The quantitative estimate of drug-likeness (QED) is 0.422. The number of ether oxygens (including phenoxy) is 1. The van der Waals surface area contributed by atoms with Crippen LogP contribution in [0.25, 0.3) is 0 Å². The van der Waals surface area contributed by atoms with Crippen molar-refractivity contribution in [2.75, 3.05) is 12.4 Å². The van der Waals surface area contributed by atoms with E-state index in [1.54, 1.807) is 0 Å². The fraction of sp³-hybridized carbons (Fsp3) is 0.571. The summed E-state index contributed by atoms with van der Waals surface area (Å²) in [7, 11) is 0. The summed E-state index contributed by atoms with van der Waals surface area (Å²) in [4.78, 5) is 0. The lowest BCUT2D eigenvalue weighted by Gasteiger charge is -2.39. The van der Waals surface area contributed by atoms with Crippen molar-refractivity contribution in [2.24, 2.45) is 0 Å². The Labute approximate surface area is 127 Å². The van der Waals surface area contributed by atoms with E-state index in [0.29, 0.717) is 5.75 Å². The molecule has 1 aromatic carbocycles. The summed E-state index contributed by atoms with van der Waals surface area (Å²) < 4.78 is 10.3. The first-order valence-electron chi connectivity index (χ1n) is 6.76. The van der Waals surface area contributed by atoms with Gasteiger partial charge in [0.2, 0.25) is 0 Å². The molecule has 1 saturated heterocycles. The van der Waals surface area contributed by atoms with E-state index in [4.69, 9.17) is 14.0 Å². The van der Waals surface area contributed by atoms with Crippen molar-refractivity contribution >= 4 is 12.0 Å². The molecule has 0 aromatic heterocycles. The van der Waals surface area contributed by atoms with Gasteiger partial charge in [0, 0.05) is 5.75 Å². The number of rotatable bonds is 6. The highest BCUT2D eigenvalue weighted by molar-refractivity contribution is 7.94. The van der Waals surface area contributed by atoms with Crippen LogP contribution in [-0.4, -0.2) is 63.5 Å². The van der Waals surface area contributed by atoms with Gasteiger partial charge in [-0.2, -0.15) is 0 Å². The van der Waals surface area contributed by atoms with E-state index in [2.05, 4.69) is 0 Å². The molecule has 0 aliphatic carbocycles. The Hall–Kier alpha value is -0.670. The molecule has 1 aliphatic rings. The first kappa shape index (κ1) is 16.7. The fourth-order valence-electron chi connectivity index (χ4n) is 2.11. The SMILES string of the molecule is OC[C@H]1O[C@@H](O)[C@H](OSCCc2ccccc2)[C@@H](O)[C@H]1O. The van der Waals surface area contributed by atoms with E-state index in [0.717, 1.165) is 24.0 Å². The molecule has 118 valence electrons. The largest absolute Gasteiger partial charge is 0.394 e. The molecule has 5 atom stereocenters. The minimum absolute atomic E-state index is 0.483. The summed E-state index contributed by atoms with van der Waals surface area (Å²) in [5, 5.41) is 38.3. The third-order valence-electron chi connectivity index (χ3n) is 3.34. The highest BCUT2D eigenvalue weighted by Gasteiger charge is 2.44. The van der Waals surface area contributed by atoms with Gasteiger partial charge in [0.25, 0.3) is 0 Å². The Bertz CT molecular complexity index is 417. The number of benzene rings is 1. The topological polar surface area (TPSA) is 99.4 Å². The van der Waals surface area contributed by atoms with Crippen molar-refractivity contribution in [3.63, 3.8) is 0 Å². The molecule has 0 radical (unpaired) electrons. The first-order chi connectivity index (χ1) is 10.1.